The second-order valence-corrected chi connectivity index (χ2v) is 4.91. The maximum absolute atomic E-state index is 12.4. The maximum atomic E-state index is 12.4. The highest BCUT2D eigenvalue weighted by Gasteiger charge is 2.12. The Hall–Kier alpha value is -2.33. The molecule has 4 nitrogen and oxygen atoms in total. The highest BCUT2D eigenvalue weighted by molar-refractivity contribution is 5.94. The van der Waals surface area contributed by atoms with Gasteiger partial charge in [0.15, 0.2) is 0 Å². The van der Waals surface area contributed by atoms with Gasteiger partial charge in [-0.15, -0.1) is 0 Å². The molecule has 2 aromatic rings. The third-order valence-electron chi connectivity index (χ3n) is 3.34. The van der Waals surface area contributed by atoms with E-state index < -0.39 is 0 Å². The molecule has 0 spiro atoms. The van der Waals surface area contributed by atoms with E-state index in [9.17, 15) is 4.79 Å². The van der Waals surface area contributed by atoms with E-state index in [0.717, 1.165) is 16.9 Å². The number of rotatable bonds is 5. The Morgan fingerprint density at radius 1 is 1.14 bits per heavy atom. The molecule has 0 unspecified atom stereocenters. The molecule has 0 fully saturated rings. The molecule has 2 N–H and O–H groups in total. The van der Waals surface area contributed by atoms with Crippen LogP contribution in [0.15, 0.2) is 48.5 Å². The van der Waals surface area contributed by atoms with Gasteiger partial charge in [-0.05, 0) is 35.4 Å². The monoisotopic (exact) mass is 284 g/mol. The molecule has 0 radical (unpaired) electrons. The van der Waals surface area contributed by atoms with Gasteiger partial charge < -0.3 is 15.4 Å². The van der Waals surface area contributed by atoms with Crippen molar-refractivity contribution < 1.29 is 9.53 Å². The van der Waals surface area contributed by atoms with E-state index in [4.69, 9.17) is 10.5 Å². The van der Waals surface area contributed by atoms with E-state index in [1.54, 1.807) is 19.1 Å². The SMILES string of the molecule is COc1cccc(CN(C)C(=O)c2ccc(CN)cc2)c1. The molecule has 0 saturated heterocycles. The lowest BCUT2D eigenvalue weighted by molar-refractivity contribution is 0.0785. The molecule has 1 amide bonds. The zero-order chi connectivity index (χ0) is 15.2. The summed E-state index contributed by atoms with van der Waals surface area (Å²) in [4.78, 5) is 14.1. The number of ether oxygens (including phenoxy) is 1. The van der Waals surface area contributed by atoms with Crippen LogP contribution in [0.5, 0.6) is 5.75 Å². The van der Waals surface area contributed by atoms with Crippen LogP contribution >= 0.6 is 0 Å². The van der Waals surface area contributed by atoms with Crippen LogP contribution in [0.1, 0.15) is 21.5 Å². The smallest absolute Gasteiger partial charge is 0.253 e. The summed E-state index contributed by atoms with van der Waals surface area (Å²) in [5.74, 6) is 0.780. The van der Waals surface area contributed by atoms with Crippen LogP contribution < -0.4 is 10.5 Å². The molecule has 2 aromatic carbocycles. The molecule has 110 valence electrons. The summed E-state index contributed by atoms with van der Waals surface area (Å²) in [6.45, 7) is 1.02. The van der Waals surface area contributed by atoms with Gasteiger partial charge in [-0.3, -0.25) is 4.79 Å². The second-order valence-electron chi connectivity index (χ2n) is 4.91. The first-order valence-corrected chi connectivity index (χ1v) is 6.81. The minimum absolute atomic E-state index is 0.0126. The molecule has 0 heterocycles. The van der Waals surface area contributed by atoms with Crippen molar-refractivity contribution >= 4 is 5.91 Å². The topological polar surface area (TPSA) is 55.6 Å². The van der Waals surface area contributed by atoms with Gasteiger partial charge in [0.1, 0.15) is 5.75 Å². The molecule has 0 aromatic heterocycles. The Labute approximate surface area is 125 Å². The number of hydrogen-bond acceptors (Lipinski definition) is 3. The quantitative estimate of drug-likeness (QED) is 0.917. The third kappa shape index (κ3) is 3.83. The van der Waals surface area contributed by atoms with Crippen molar-refractivity contribution in [1.82, 2.24) is 4.90 Å². The van der Waals surface area contributed by atoms with Gasteiger partial charge in [0.05, 0.1) is 7.11 Å². The molecule has 0 aliphatic carbocycles. The third-order valence-corrected chi connectivity index (χ3v) is 3.34. The summed E-state index contributed by atoms with van der Waals surface area (Å²) < 4.78 is 5.19. The van der Waals surface area contributed by atoms with Gasteiger partial charge in [-0.25, -0.2) is 0 Å². The van der Waals surface area contributed by atoms with E-state index >= 15 is 0 Å². The van der Waals surface area contributed by atoms with Gasteiger partial charge in [0, 0.05) is 25.7 Å². The molecule has 0 aliphatic rings. The fourth-order valence-electron chi connectivity index (χ4n) is 2.12. The molecular formula is C17H20N2O2. The number of carbonyl (C=O) groups is 1. The largest absolute Gasteiger partial charge is 0.497 e. The van der Waals surface area contributed by atoms with Crippen molar-refractivity contribution in [3.63, 3.8) is 0 Å². The van der Waals surface area contributed by atoms with E-state index in [2.05, 4.69) is 0 Å². The van der Waals surface area contributed by atoms with Crippen LogP contribution in [0.2, 0.25) is 0 Å². The Bertz CT molecular complexity index is 608. The van der Waals surface area contributed by atoms with Crippen molar-refractivity contribution in [1.29, 1.82) is 0 Å². The molecule has 21 heavy (non-hydrogen) atoms. The molecule has 0 atom stereocenters. The molecule has 4 heteroatoms. The lowest BCUT2D eigenvalue weighted by atomic mass is 10.1. The fraction of sp³-hybridized carbons (Fsp3) is 0.235. The minimum Gasteiger partial charge on any atom is -0.497 e. The Kier molecular flexibility index (Phi) is 4.95. The number of methoxy groups -OCH3 is 1. The van der Waals surface area contributed by atoms with Crippen molar-refractivity contribution in [3.8, 4) is 5.75 Å². The summed E-state index contributed by atoms with van der Waals surface area (Å²) in [6, 6.07) is 15.1. The molecule has 0 aliphatic heterocycles. The Morgan fingerprint density at radius 2 is 1.86 bits per heavy atom. The first kappa shape index (κ1) is 15.1. The molecule has 0 saturated carbocycles. The van der Waals surface area contributed by atoms with Crippen molar-refractivity contribution in [2.45, 2.75) is 13.1 Å². The van der Waals surface area contributed by atoms with E-state index in [1.165, 1.54) is 0 Å². The normalized spacial score (nSPS) is 10.2. The highest BCUT2D eigenvalue weighted by atomic mass is 16.5. The summed E-state index contributed by atoms with van der Waals surface area (Å²) >= 11 is 0. The van der Waals surface area contributed by atoms with E-state index in [-0.39, 0.29) is 5.91 Å². The number of nitrogens with two attached hydrogens (primary N) is 1. The highest BCUT2D eigenvalue weighted by Crippen LogP contribution is 2.15. The standard InChI is InChI=1S/C17H20N2O2/c1-19(12-14-4-3-5-16(10-14)21-2)17(20)15-8-6-13(11-18)7-9-15/h3-10H,11-12,18H2,1-2H3. The summed E-state index contributed by atoms with van der Waals surface area (Å²) in [6.07, 6.45) is 0. The van der Waals surface area contributed by atoms with Crippen LogP contribution in [-0.2, 0) is 13.1 Å². The lowest BCUT2D eigenvalue weighted by Crippen LogP contribution is -2.26. The van der Waals surface area contributed by atoms with Gasteiger partial charge in [-0.1, -0.05) is 24.3 Å². The number of carbonyl (C=O) groups excluding carboxylic acids is 1. The maximum Gasteiger partial charge on any atom is 0.253 e. The van der Waals surface area contributed by atoms with Gasteiger partial charge in [-0.2, -0.15) is 0 Å². The summed E-state index contributed by atoms with van der Waals surface area (Å²) in [5.41, 5.74) is 8.27. The minimum atomic E-state index is -0.0126. The number of benzene rings is 2. The Balaban J connectivity index is 2.07. The zero-order valence-electron chi connectivity index (χ0n) is 12.4. The fourth-order valence-corrected chi connectivity index (χ4v) is 2.12. The summed E-state index contributed by atoms with van der Waals surface area (Å²) in [5, 5.41) is 0. The predicted molar refractivity (Wildman–Crippen MR) is 83.1 cm³/mol. The van der Waals surface area contributed by atoms with Crippen LogP contribution in [0, 0.1) is 0 Å². The first-order valence-electron chi connectivity index (χ1n) is 6.81. The second kappa shape index (κ2) is 6.90. The van der Waals surface area contributed by atoms with Crippen molar-refractivity contribution in [2.75, 3.05) is 14.2 Å². The molecule has 2 rings (SSSR count). The number of amides is 1. The van der Waals surface area contributed by atoms with Gasteiger partial charge >= 0.3 is 0 Å². The first-order chi connectivity index (χ1) is 10.1. The van der Waals surface area contributed by atoms with E-state index in [0.29, 0.717) is 18.7 Å². The molecular weight excluding hydrogens is 264 g/mol. The van der Waals surface area contributed by atoms with Gasteiger partial charge in [0.25, 0.3) is 5.91 Å². The van der Waals surface area contributed by atoms with E-state index in [1.807, 2.05) is 48.5 Å². The van der Waals surface area contributed by atoms with Crippen LogP contribution in [0.25, 0.3) is 0 Å². The summed E-state index contributed by atoms with van der Waals surface area (Å²) in [7, 11) is 3.42. The average Bonchev–Trinajstić information content (AvgIpc) is 2.54. The van der Waals surface area contributed by atoms with Crippen LogP contribution in [-0.4, -0.2) is 25.0 Å². The van der Waals surface area contributed by atoms with Crippen molar-refractivity contribution in [3.05, 3.63) is 65.2 Å². The Morgan fingerprint density at radius 3 is 2.48 bits per heavy atom. The number of nitrogens with zero attached hydrogens (tertiary/aromatic N) is 1. The number of hydrogen-bond donors (Lipinski definition) is 1. The zero-order valence-corrected chi connectivity index (χ0v) is 12.4. The van der Waals surface area contributed by atoms with Crippen molar-refractivity contribution in [2.24, 2.45) is 5.73 Å². The lowest BCUT2D eigenvalue weighted by Gasteiger charge is -2.18. The van der Waals surface area contributed by atoms with Crippen LogP contribution in [0.4, 0.5) is 0 Å². The van der Waals surface area contributed by atoms with Crippen LogP contribution in [0.3, 0.4) is 0 Å². The average molecular weight is 284 g/mol. The molecule has 0 bridgehead atoms. The van der Waals surface area contributed by atoms with Gasteiger partial charge in [0.2, 0.25) is 0 Å². The predicted octanol–water partition coefficient (Wildman–Crippen LogP) is 2.43.